The van der Waals surface area contributed by atoms with Crippen LogP contribution in [-0.4, -0.2) is 24.1 Å². The van der Waals surface area contributed by atoms with Crippen molar-refractivity contribution in [3.63, 3.8) is 0 Å². The van der Waals surface area contributed by atoms with E-state index in [4.69, 9.17) is 5.73 Å². The van der Waals surface area contributed by atoms with Crippen molar-refractivity contribution >= 4 is 11.9 Å². The van der Waals surface area contributed by atoms with Gasteiger partial charge in [-0.15, -0.1) is 0 Å². The van der Waals surface area contributed by atoms with E-state index in [-0.39, 0.29) is 17.7 Å². The number of carbonyl (C=O) groups is 2. The predicted molar refractivity (Wildman–Crippen MR) is 52.3 cm³/mol. The summed E-state index contributed by atoms with van der Waals surface area (Å²) in [5, 5.41) is 9.38. The summed E-state index contributed by atoms with van der Waals surface area (Å²) >= 11 is 0. The monoisotopic (exact) mass is 209 g/mol. The first kappa shape index (κ1) is 11.0. The van der Waals surface area contributed by atoms with E-state index in [0.29, 0.717) is 5.56 Å². The van der Waals surface area contributed by atoms with E-state index in [0.717, 1.165) is 0 Å². The Morgan fingerprint density at radius 1 is 1.47 bits per heavy atom. The molecule has 80 valence electrons. The van der Waals surface area contributed by atoms with Gasteiger partial charge in [0, 0.05) is 5.56 Å². The third kappa shape index (κ3) is 2.70. The molecule has 1 rings (SSSR count). The molecule has 5 heteroatoms. The van der Waals surface area contributed by atoms with E-state index in [1.807, 2.05) is 0 Å². The van der Waals surface area contributed by atoms with Gasteiger partial charge in [-0.25, -0.2) is 4.79 Å². The first-order valence-corrected chi connectivity index (χ1v) is 4.23. The summed E-state index contributed by atoms with van der Waals surface area (Å²) in [5.74, 6) is -1.17. The number of hydrogen-bond acceptors (Lipinski definition) is 4. The molecule has 0 radical (unpaired) electrons. The molecule has 1 aromatic rings. The highest BCUT2D eigenvalue weighted by atomic mass is 16.5. The van der Waals surface area contributed by atoms with Crippen LogP contribution in [0.25, 0.3) is 0 Å². The molecule has 0 aliphatic carbocycles. The van der Waals surface area contributed by atoms with Crippen molar-refractivity contribution in [3.05, 3.63) is 29.3 Å². The van der Waals surface area contributed by atoms with E-state index in [2.05, 4.69) is 4.74 Å². The molecule has 1 amide bonds. The number of nitrogens with two attached hydrogens (primary N) is 1. The third-order valence-corrected chi connectivity index (χ3v) is 1.87. The second kappa shape index (κ2) is 4.45. The molecule has 1 aromatic carbocycles. The smallest absolute Gasteiger partial charge is 0.337 e. The topological polar surface area (TPSA) is 89.6 Å². The molecule has 0 aromatic heterocycles. The van der Waals surface area contributed by atoms with Gasteiger partial charge < -0.3 is 15.6 Å². The molecule has 0 fully saturated rings. The number of rotatable bonds is 3. The number of benzene rings is 1. The highest BCUT2D eigenvalue weighted by Crippen LogP contribution is 2.19. The van der Waals surface area contributed by atoms with Crippen molar-refractivity contribution in [1.82, 2.24) is 0 Å². The third-order valence-electron chi connectivity index (χ3n) is 1.87. The number of amides is 1. The first-order valence-electron chi connectivity index (χ1n) is 4.23. The van der Waals surface area contributed by atoms with E-state index in [1.165, 1.54) is 25.3 Å². The molecule has 0 atom stereocenters. The number of hydrogen-bond donors (Lipinski definition) is 2. The van der Waals surface area contributed by atoms with Gasteiger partial charge in [0.1, 0.15) is 5.75 Å². The molecule has 0 saturated heterocycles. The van der Waals surface area contributed by atoms with Gasteiger partial charge in [0.15, 0.2) is 0 Å². The summed E-state index contributed by atoms with van der Waals surface area (Å²) in [4.78, 5) is 21.8. The zero-order valence-corrected chi connectivity index (χ0v) is 8.19. The van der Waals surface area contributed by atoms with Crippen LogP contribution in [0.5, 0.6) is 5.75 Å². The predicted octanol–water partition coefficient (Wildman–Crippen LogP) is 0.207. The van der Waals surface area contributed by atoms with Crippen LogP contribution in [0.2, 0.25) is 0 Å². The number of ether oxygens (including phenoxy) is 1. The van der Waals surface area contributed by atoms with E-state index >= 15 is 0 Å². The lowest BCUT2D eigenvalue weighted by Gasteiger charge is -2.04. The zero-order valence-electron chi connectivity index (χ0n) is 8.19. The summed E-state index contributed by atoms with van der Waals surface area (Å²) in [6.45, 7) is 0. The Morgan fingerprint density at radius 2 is 2.13 bits per heavy atom. The molecule has 0 heterocycles. The van der Waals surface area contributed by atoms with Gasteiger partial charge in [0.2, 0.25) is 5.91 Å². The number of carbonyl (C=O) groups excluding carboxylic acids is 2. The van der Waals surface area contributed by atoms with Crippen molar-refractivity contribution in [2.45, 2.75) is 6.42 Å². The molecule has 5 nitrogen and oxygen atoms in total. The summed E-state index contributed by atoms with van der Waals surface area (Å²) in [6, 6.07) is 4.11. The van der Waals surface area contributed by atoms with Crippen LogP contribution < -0.4 is 5.73 Å². The normalized spacial score (nSPS) is 9.67. The Balaban J connectivity index is 3.05. The SMILES string of the molecule is COC(=O)c1ccc(O)c(CC(N)=O)c1. The Bertz CT molecular complexity index is 400. The van der Waals surface area contributed by atoms with Crippen molar-refractivity contribution < 1.29 is 19.4 Å². The number of methoxy groups -OCH3 is 1. The molecule has 3 N–H and O–H groups in total. The highest BCUT2D eigenvalue weighted by molar-refractivity contribution is 5.90. The fourth-order valence-electron chi connectivity index (χ4n) is 1.16. The summed E-state index contributed by atoms with van der Waals surface area (Å²) in [7, 11) is 1.25. The van der Waals surface area contributed by atoms with Crippen LogP contribution >= 0.6 is 0 Å². The Hall–Kier alpha value is -2.04. The molecule has 0 saturated carbocycles. The van der Waals surface area contributed by atoms with Crippen LogP contribution in [0, 0.1) is 0 Å². The van der Waals surface area contributed by atoms with Gasteiger partial charge in [0.05, 0.1) is 19.1 Å². The van der Waals surface area contributed by atoms with Crippen molar-refractivity contribution in [2.75, 3.05) is 7.11 Å². The van der Waals surface area contributed by atoms with E-state index in [9.17, 15) is 14.7 Å². The average Bonchev–Trinajstić information content (AvgIpc) is 2.19. The van der Waals surface area contributed by atoms with Crippen molar-refractivity contribution in [2.24, 2.45) is 5.73 Å². The van der Waals surface area contributed by atoms with Crippen LogP contribution in [-0.2, 0) is 16.0 Å². The standard InChI is InChI=1S/C10H11NO4/c1-15-10(14)6-2-3-8(12)7(4-6)5-9(11)13/h2-4,12H,5H2,1H3,(H2,11,13). The lowest BCUT2D eigenvalue weighted by atomic mass is 10.1. The van der Waals surface area contributed by atoms with E-state index < -0.39 is 11.9 Å². The second-order valence-electron chi connectivity index (χ2n) is 2.98. The fourth-order valence-corrected chi connectivity index (χ4v) is 1.16. The molecule has 0 bridgehead atoms. The summed E-state index contributed by atoms with van der Waals surface area (Å²) < 4.78 is 4.50. The van der Waals surface area contributed by atoms with Gasteiger partial charge in [-0.2, -0.15) is 0 Å². The largest absolute Gasteiger partial charge is 0.508 e. The van der Waals surface area contributed by atoms with Crippen LogP contribution in [0.15, 0.2) is 18.2 Å². The molecule has 0 aliphatic heterocycles. The maximum absolute atomic E-state index is 11.1. The zero-order chi connectivity index (χ0) is 11.4. The summed E-state index contributed by atoms with van der Waals surface area (Å²) in [6.07, 6.45) is -0.114. The maximum atomic E-state index is 11.1. The Kier molecular flexibility index (Phi) is 3.28. The molecule has 0 unspecified atom stereocenters. The lowest BCUT2D eigenvalue weighted by molar-refractivity contribution is -0.117. The van der Waals surface area contributed by atoms with E-state index in [1.54, 1.807) is 0 Å². The minimum atomic E-state index is -0.577. The minimum Gasteiger partial charge on any atom is -0.508 e. The molecular formula is C10H11NO4. The van der Waals surface area contributed by atoms with Crippen molar-refractivity contribution in [1.29, 1.82) is 0 Å². The first-order chi connectivity index (χ1) is 7.04. The quantitative estimate of drug-likeness (QED) is 0.696. The number of esters is 1. The highest BCUT2D eigenvalue weighted by Gasteiger charge is 2.10. The van der Waals surface area contributed by atoms with Gasteiger partial charge in [-0.1, -0.05) is 0 Å². The second-order valence-corrected chi connectivity index (χ2v) is 2.98. The van der Waals surface area contributed by atoms with Crippen molar-refractivity contribution in [3.8, 4) is 5.75 Å². The van der Waals surface area contributed by atoms with Crippen LogP contribution in [0.4, 0.5) is 0 Å². The van der Waals surface area contributed by atoms with Crippen LogP contribution in [0.3, 0.4) is 0 Å². The maximum Gasteiger partial charge on any atom is 0.337 e. The Labute approximate surface area is 86.5 Å². The molecule has 0 spiro atoms. The fraction of sp³-hybridized carbons (Fsp3) is 0.200. The Morgan fingerprint density at radius 3 is 2.67 bits per heavy atom. The summed E-state index contributed by atoms with van der Waals surface area (Å²) in [5.41, 5.74) is 5.57. The number of primary amides is 1. The molecular weight excluding hydrogens is 198 g/mol. The van der Waals surface area contributed by atoms with Crippen LogP contribution in [0.1, 0.15) is 15.9 Å². The molecule has 15 heavy (non-hydrogen) atoms. The average molecular weight is 209 g/mol. The van der Waals surface area contributed by atoms with Gasteiger partial charge in [0.25, 0.3) is 0 Å². The number of aromatic hydroxyl groups is 1. The number of phenolic OH excluding ortho intramolecular Hbond substituents is 1. The number of phenols is 1. The molecule has 0 aliphatic rings. The van der Waals surface area contributed by atoms with Gasteiger partial charge >= 0.3 is 5.97 Å². The lowest BCUT2D eigenvalue weighted by Crippen LogP contribution is -2.14. The van der Waals surface area contributed by atoms with Gasteiger partial charge in [-0.3, -0.25) is 4.79 Å². The van der Waals surface area contributed by atoms with Gasteiger partial charge in [-0.05, 0) is 18.2 Å². The minimum absolute atomic E-state index is 0.0681.